The lowest BCUT2D eigenvalue weighted by molar-refractivity contribution is -0.384. The largest absolute Gasteiger partial charge is 0.497 e. The van der Waals surface area contributed by atoms with E-state index in [-0.39, 0.29) is 34.0 Å². The molecule has 3 rings (SSSR count). The van der Waals surface area contributed by atoms with E-state index in [4.69, 9.17) is 16.3 Å². The van der Waals surface area contributed by atoms with Crippen molar-refractivity contribution in [1.29, 1.82) is 0 Å². The molecule has 2 amide bonds. The minimum atomic E-state index is -0.565. The van der Waals surface area contributed by atoms with E-state index >= 15 is 0 Å². The number of amides is 2. The van der Waals surface area contributed by atoms with Crippen LogP contribution in [0.15, 0.2) is 47.6 Å². The Morgan fingerprint density at radius 3 is 2.49 bits per heavy atom. The third-order valence-corrected chi connectivity index (χ3v) is 6.71. The smallest absolute Gasteiger partial charge is 0.271 e. The first kappa shape index (κ1) is 27.9. The summed E-state index contributed by atoms with van der Waals surface area (Å²) < 4.78 is 6.99. The normalized spacial score (nSPS) is 11.7. The number of non-ortho nitro benzene ring substituents is 1. The number of nitro benzene ring substituents is 1. The fourth-order valence-corrected chi connectivity index (χ4v) is 4.44. The van der Waals surface area contributed by atoms with Gasteiger partial charge in [-0.15, -0.1) is 10.2 Å². The highest BCUT2D eigenvalue weighted by molar-refractivity contribution is 7.99. The number of nitro groups is 1. The van der Waals surface area contributed by atoms with Crippen LogP contribution in [0.25, 0.3) is 0 Å². The van der Waals surface area contributed by atoms with E-state index in [0.29, 0.717) is 28.8 Å². The summed E-state index contributed by atoms with van der Waals surface area (Å²) in [5.41, 5.74) is 0.458. The number of halogens is 1. The van der Waals surface area contributed by atoms with Crippen LogP contribution in [0.2, 0.25) is 5.02 Å². The number of benzene rings is 2. The van der Waals surface area contributed by atoms with Crippen LogP contribution in [0.4, 0.5) is 11.4 Å². The Morgan fingerprint density at radius 2 is 1.89 bits per heavy atom. The van der Waals surface area contributed by atoms with Crippen LogP contribution in [0.1, 0.15) is 43.0 Å². The van der Waals surface area contributed by atoms with E-state index in [1.807, 2.05) is 25.3 Å². The number of carbonyl (C=O) groups excluding carboxylic acids is 2. The first-order valence-electron chi connectivity index (χ1n) is 11.4. The number of hydrogen-bond donors (Lipinski definition) is 2. The van der Waals surface area contributed by atoms with Gasteiger partial charge in [0, 0.05) is 24.2 Å². The second-order valence-corrected chi connectivity index (χ2v) is 9.62. The van der Waals surface area contributed by atoms with Crippen LogP contribution in [0, 0.1) is 16.0 Å². The van der Waals surface area contributed by atoms with Crippen molar-refractivity contribution >= 4 is 46.6 Å². The zero-order chi connectivity index (χ0) is 27.1. The molecule has 13 heteroatoms. The molecular weight excluding hydrogens is 520 g/mol. The molecule has 0 aliphatic carbocycles. The molecule has 3 aromatic rings. The zero-order valence-corrected chi connectivity index (χ0v) is 22.3. The van der Waals surface area contributed by atoms with Gasteiger partial charge in [-0.25, -0.2) is 0 Å². The van der Waals surface area contributed by atoms with Crippen LogP contribution in [-0.2, 0) is 11.3 Å². The van der Waals surface area contributed by atoms with Gasteiger partial charge >= 0.3 is 0 Å². The monoisotopic (exact) mass is 546 g/mol. The summed E-state index contributed by atoms with van der Waals surface area (Å²) >= 11 is 7.23. The SMILES string of the molecule is CCn1c(SCC(=O)Nc2cc([N+](=O)[O-])ccc2Cl)nnc1[C@@H](NC(=O)c1ccc(OC)cc1)C(C)C. The maximum atomic E-state index is 12.9. The standard InChI is InChI=1S/C24H27ClN6O5S/c1-5-30-22(21(14(2)3)27-23(33)15-6-9-17(36-4)10-7-15)28-29-24(30)37-13-20(32)26-19-12-16(31(34)35)8-11-18(19)25/h6-12,14,21H,5,13H2,1-4H3,(H,26,32)(H,27,33)/t21-/m0/s1. The first-order valence-corrected chi connectivity index (χ1v) is 12.8. The Labute approximate surface area is 223 Å². The molecule has 196 valence electrons. The average molecular weight is 547 g/mol. The number of methoxy groups -OCH3 is 1. The Balaban J connectivity index is 1.71. The van der Waals surface area contributed by atoms with Gasteiger partial charge in [-0.05, 0) is 43.2 Å². The zero-order valence-electron chi connectivity index (χ0n) is 20.7. The summed E-state index contributed by atoms with van der Waals surface area (Å²) in [4.78, 5) is 35.9. The van der Waals surface area contributed by atoms with Gasteiger partial charge in [-0.3, -0.25) is 19.7 Å². The van der Waals surface area contributed by atoms with Crippen LogP contribution < -0.4 is 15.4 Å². The summed E-state index contributed by atoms with van der Waals surface area (Å²) in [6.45, 7) is 6.38. The second kappa shape index (κ2) is 12.5. The molecule has 0 aliphatic heterocycles. The highest BCUT2D eigenvalue weighted by Gasteiger charge is 2.26. The molecule has 0 radical (unpaired) electrons. The quantitative estimate of drug-likeness (QED) is 0.200. The van der Waals surface area contributed by atoms with E-state index in [0.717, 1.165) is 11.8 Å². The second-order valence-electron chi connectivity index (χ2n) is 8.27. The van der Waals surface area contributed by atoms with E-state index in [9.17, 15) is 19.7 Å². The fraction of sp³-hybridized carbons (Fsp3) is 0.333. The van der Waals surface area contributed by atoms with Gasteiger partial charge in [0.2, 0.25) is 5.91 Å². The van der Waals surface area contributed by atoms with E-state index in [2.05, 4.69) is 20.8 Å². The maximum Gasteiger partial charge on any atom is 0.271 e. The van der Waals surface area contributed by atoms with Crippen molar-refractivity contribution < 1.29 is 19.2 Å². The van der Waals surface area contributed by atoms with Gasteiger partial charge in [-0.2, -0.15) is 0 Å². The molecule has 0 fully saturated rings. The molecule has 11 nitrogen and oxygen atoms in total. The molecule has 0 aliphatic rings. The van der Waals surface area contributed by atoms with Gasteiger partial charge in [-0.1, -0.05) is 37.2 Å². The number of hydrogen-bond acceptors (Lipinski definition) is 8. The molecule has 1 heterocycles. The summed E-state index contributed by atoms with van der Waals surface area (Å²) in [5, 5.41) is 25.9. The van der Waals surface area contributed by atoms with Crippen LogP contribution >= 0.6 is 23.4 Å². The maximum absolute atomic E-state index is 12.9. The van der Waals surface area contributed by atoms with Crippen molar-refractivity contribution in [3.63, 3.8) is 0 Å². The Morgan fingerprint density at radius 1 is 1.19 bits per heavy atom. The summed E-state index contributed by atoms with van der Waals surface area (Å²) in [7, 11) is 1.56. The summed E-state index contributed by atoms with van der Waals surface area (Å²) in [5.74, 6) is 0.545. The topological polar surface area (TPSA) is 141 Å². The van der Waals surface area contributed by atoms with E-state index in [1.54, 1.807) is 31.4 Å². The summed E-state index contributed by atoms with van der Waals surface area (Å²) in [6.07, 6.45) is 0. The van der Waals surface area contributed by atoms with Crippen LogP contribution in [0.3, 0.4) is 0 Å². The van der Waals surface area contributed by atoms with Gasteiger partial charge in [0.05, 0.1) is 34.5 Å². The third-order valence-electron chi connectivity index (χ3n) is 5.41. The molecule has 0 spiro atoms. The van der Waals surface area contributed by atoms with E-state index in [1.165, 1.54) is 18.2 Å². The highest BCUT2D eigenvalue weighted by Crippen LogP contribution is 2.28. The van der Waals surface area contributed by atoms with Crippen molar-refractivity contribution in [3.05, 3.63) is 69.0 Å². The number of rotatable bonds is 11. The van der Waals surface area contributed by atoms with Gasteiger partial charge in [0.1, 0.15) is 5.75 Å². The van der Waals surface area contributed by atoms with E-state index < -0.39 is 16.9 Å². The van der Waals surface area contributed by atoms with Crippen molar-refractivity contribution in [2.24, 2.45) is 5.92 Å². The molecule has 2 N–H and O–H groups in total. The minimum Gasteiger partial charge on any atom is -0.497 e. The molecular formula is C24H27ClN6O5S. The van der Waals surface area contributed by atoms with Gasteiger partial charge in [0.25, 0.3) is 11.6 Å². The highest BCUT2D eigenvalue weighted by atomic mass is 35.5. The van der Waals surface area contributed by atoms with Crippen LogP contribution in [0.5, 0.6) is 5.75 Å². The molecule has 0 unspecified atom stereocenters. The average Bonchev–Trinajstić information content (AvgIpc) is 3.29. The number of thioether (sulfide) groups is 1. The molecule has 37 heavy (non-hydrogen) atoms. The first-order chi connectivity index (χ1) is 17.6. The lowest BCUT2D eigenvalue weighted by Crippen LogP contribution is -2.33. The molecule has 1 aromatic heterocycles. The Kier molecular flexibility index (Phi) is 9.48. The predicted octanol–water partition coefficient (Wildman–Crippen LogP) is 4.73. The number of carbonyl (C=O) groups is 2. The van der Waals surface area contributed by atoms with Crippen molar-refractivity contribution in [3.8, 4) is 5.75 Å². The number of ether oxygens (including phenoxy) is 1. The molecule has 2 aromatic carbocycles. The lowest BCUT2D eigenvalue weighted by atomic mass is 10.0. The summed E-state index contributed by atoms with van der Waals surface area (Å²) in [6, 6.07) is 10.2. The minimum absolute atomic E-state index is 0.00820. The number of aromatic nitrogens is 3. The number of nitrogens with one attached hydrogen (secondary N) is 2. The van der Waals surface area contributed by atoms with Gasteiger partial charge < -0.3 is 19.9 Å². The molecule has 0 saturated heterocycles. The van der Waals surface area contributed by atoms with Crippen LogP contribution in [-0.4, -0.2) is 44.4 Å². The molecule has 0 bridgehead atoms. The Bertz CT molecular complexity index is 1280. The fourth-order valence-electron chi connectivity index (χ4n) is 3.47. The lowest BCUT2D eigenvalue weighted by Gasteiger charge is -2.22. The molecule has 1 atom stereocenters. The third kappa shape index (κ3) is 6.98. The Hall–Kier alpha value is -3.64. The van der Waals surface area contributed by atoms with Crippen molar-refractivity contribution in [2.45, 2.75) is 38.5 Å². The van der Waals surface area contributed by atoms with Crippen molar-refractivity contribution in [1.82, 2.24) is 20.1 Å². The molecule has 0 saturated carbocycles. The van der Waals surface area contributed by atoms with Crippen molar-refractivity contribution in [2.75, 3.05) is 18.2 Å². The van der Waals surface area contributed by atoms with Gasteiger partial charge in [0.15, 0.2) is 11.0 Å². The number of nitrogens with zero attached hydrogens (tertiary/aromatic N) is 4. The predicted molar refractivity (Wildman–Crippen MR) is 141 cm³/mol. The number of anilines is 1.